The van der Waals surface area contributed by atoms with E-state index in [1.807, 2.05) is 11.6 Å². The molecular formula is C20H26ClN3O2S2. The van der Waals surface area contributed by atoms with Gasteiger partial charge in [0.2, 0.25) is 0 Å². The molecule has 3 aliphatic rings. The minimum absolute atomic E-state index is 0. The SMILES string of the molecule is Cl.O=C(c1cc2c(s1)CCOC21CCNCC1)N1CCCCC1c1nccs1. The zero-order chi connectivity index (χ0) is 18.3. The first kappa shape index (κ1) is 20.3. The van der Waals surface area contributed by atoms with E-state index in [4.69, 9.17) is 4.74 Å². The maximum atomic E-state index is 13.5. The van der Waals surface area contributed by atoms with Crippen LogP contribution in [0.2, 0.25) is 0 Å². The first-order valence-electron chi connectivity index (χ1n) is 9.95. The van der Waals surface area contributed by atoms with Gasteiger partial charge in [-0.25, -0.2) is 4.98 Å². The monoisotopic (exact) mass is 439 g/mol. The predicted molar refractivity (Wildman–Crippen MR) is 115 cm³/mol. The van der Waals surface area contributed by atoms with E-state index in [0.717, 1.165) is 68.2 Å². The Labute approximate surface area is 179 Å². The highest BCUT2D eigenvalue weighted by Crippen LogP contribution is 2.44. The molecule has 0 radical (unpaired) electrons. The number of halogens is 1. The number of thiophene rings is 1. The highest BCUT2D eigenvalue weighted by atomic mass is 35.5. The summed E-state index contributed by atoms with van der Waals surface area (Å²) >= 11 is 3.36. The van der Waals surface area contributed by atoms with Gasteiger partial charge in [-0.15, -0.1) is 35.1 Å². The van der Waals surface area contributed by atoms with Crippen molar-refractivity contribution in [2.75, 3.05) is 26.2 Å². The van der Waals surface area contributed by atoms with E-state index in [-0.39, 0.29) is 30.0 Å². The van der Waals surface area contributed by atoms with Crippen LogP contribution >= 0.6 is 35.1 Å². The third-order valence-corrected chi connectivity index (χ3v) is 8.19. The van der Waals surface area contributed by atoms with Crippen molar-refractivity contribution in [2.45, 2.75) is 50.2 Å². The molecule has 1 spiro atoms. The van der Waals surface area contributed by atoms with Crippen LogP contribution in [0, 0.1) is 0 Å². The number of hydrogen-bond acceptors (Lipinski definition) is 6. The van der Waals surface area contributed by atoms with Gasteiger partial charge in [-0.1, -0.05) is 0 Å². The Bertz CT molecular complexity index is 818. The average molecular weight is 440 g/mol. The molecule has 1 unspecified atom stereocenters. The molecule has 152 valence electrons. The Morgan fingerprint density at radius 2 is 2.18 bits per heavy atom. The lowest BCUT2D eigenvalue weighted by atomic mass is 9.83. The second-order valence-corrected chi connectivity index (χ2v) is 9.73. The number of ether oxygens (including phenoxy) is 1. The van der Waals surface area contributed by atoms with Crippen LogP contribution in [0.5, 0.6) is 0 Å². The highest BCUT2D eigenvalue weighted by Gasteiger charge is 2.41. The van der Waals surface area contributed by atoms with Gasteiger partial charge in [0.05, 0.1) is 23.1 Å². The number of carbonyl (C=O) groups is 1. The van der Waals surface area contributed by atoms with Crippen molar-refractivity contribution >= 4 is 41.0 Å². The zero-order valence-corrected chi connectivity index (χ0v) is 18.3. The third kappa shape index (κ3) is 3.52. The van der Waals surface area contributed by atoms with Gasteiger partial charge in [-0.2, -0.15) is 0 Å². The normalized spacial score (nSPS) is 23.9. The average Bonchev–Trinajstić information content (AvgIpc) is 3.39. The maximum Gasteiger partial charge on any atom is 0.264 e. The molecule has 2 saturated heterocycles. The van der Waals surface area contributed by atoms with Gasteiger partial charge in [0.1, 0.15) is 5.01 Å². The summed E-state index contributed by atoms with van der Waals surface area (Å²) in [6.45, 7) is 3.57. The number of thiazole rings is 1. The summed E-state index contributed by atoms with van der Waals surface area (Å²) in [4.78, 5) is 22.3. The van der Waals surface area contributed by atoms with Crippen LogP contribution in [0.15, 0.2) is 17.6 Å². The summed E-state index contributed by atoms with van der Waals surface area (Å²) in [6.07, 6.45) is 8.03. The van der Waals surface area contributed by atoms with Crippen molar-refractivity contribution in [1.29, 1.82) is 0 Å². The topological polar surface area (TPSA) is 54.5 Å². The van der Waals surface area contributed by atoms with E-state index in [1.54, 1.807) is 22.7 Å². The molecule has 1 amide bonds. The highest BCUT2D eigenvalue weighted by molar-refractivity contribution is 7.14. The fourth-order valence-corrected chi connectivity index (χ4v) is 6.71. The molecule has 0 saturated carbocycles. The third-order valence-electron chi connectivity index (χ3n) is 6.13. The van der Waals surface area contributed by atoms with Crippen LogP contribution in [0.1, 0.15) is 63.3 Å². The Balaban J connectivity index is 0.00000192. The van der Waals surface area contributed by atoms with Gasteiger partial charge < -0.3 is 15.0 Å². The molecule has 0 aromatic carbocycles. The van der Waals surface area contributed by atoms with Gasteiger partial charge in [0, 0.05) is 29.4 Å². The molecule has 0 bridgehead atoms. The zero-order valence-electron chi connectivity index (χ0n) is 15.8. The van der Waals surface area contributed by atoms with Crippen LogP contribution in [0.4, 0.5) is 0 Å². The van der Waals surface area contributed by atoms with Crippen LogP contribution < -0.4 is 5.32 Å². The summed E-state index contributed by atoms with van der Waals surface area (Å²) < 4.78 is 6.28. The number of piperidine rings is 2. The molecule has 3 aliphatic heterocycles. The molecule has 8 heteroatoms. The van der Waals surface area contributed by atoms with Gasteiger partial charge >= 0.3 is 0 Å². The molecule has 2 aromatic heterocycles. The number of hydrogen-bond donors (Lipinski definition) is 1. The van der Waals surface area contributed by atoms with Gasteiger partial charge in [-0.3, -0.25) is 4.79 Å². The van der Waals surface area contributed by atoms with E-state index in [2.05, 4.69) is 21.3 Å². The van der Waals surface area contributed by atoms with Crippen molar-refractivity contribution in [1.82, 2.24) is 15.2 Å². The summed E-state index contributed by atoms with van der Waals surface area (Å²) in [7, 11) is 0. The Kier molecular flexibility index (Phi) is 6.09. The first-order valence-corrected chi connectivity index (χ1v) is 11.6. The second-order valence-electron chi connectivity index (χ2n) is 7.67. The lowest BCUT2D eigenvalue weighted by Crippen LogP contribution is -2.44. The number of aromatic nitrogens is 1. The Morgan fingerprint density at radius 3 is 2.96 bits per heavy atom. The summed E-state index contributed by atoms with van der Waals surface area (Å²) in [5.74, 6) is 0.179. The summed E-state index contributed by atoms with van der Waals surface area (Å²) in [5, 5.41) is 6.51. The van der Waals surface area contributed by atoms with Gasteiger partial charge in [-0.05, 0) is 56.8 Å². The second kappa shape index (κ2) is 8.40. The lowest BCUT2D eigenvalue weighted by Gasteiger charge is -2.40. The molecule has 5 nitrogen and oxygen atoms in total. The van der Waals surface area contributed by atoms with Crippen molar-refractivity contribution in [3.8, 4) is 0 Å². The summed E-state index contributed by atoms with van der Waals surface area (Å²) in [6, 6.07) is 2.29. The van der Waals surface area contributed by atoms with Gasteiger partial charge in [0.25, 0.3) is 5.91 Å². The smallest absolute Gasteiger partial charge is 0.264 e. The van der Waals surface area contributed by atoms with E-state index in [9.17, 15) is 4.79 Å². The number of carbonyl (C=O) groups excluding carboxylic acids is 1. The van der Waals surface area contributed by atoms with E-state index in [0.29, 0.717) is 0 Å². The molecule has 28 heavy (non-hydrogen) atoms. The Morgan fingerprint density at radius 1 is 1.32 bits per heavy atom. The Hall–Kier alpha value is -0.990. The molecule has 0 aliphatic carbocycles. The molecule has 1 atom stereocenters. The fourth-order valence-electron chi connectivity index (χ4n) is 4.74. The molecule has 5 rings (SSSR count). The molecule has 2 aromatic rings. The van der Waals surface area contributed by atoms with Crippen molar-refractivity contribution < 1.29 is 9.53 Å². The van der Waals surface area contributed by atoms with Crippen LogP contribution in [0.3, 0.4) is 0 Å². The minimum Gasteiger partial charge on any atom is -0.370 e. The van der Waals surface area contributed by atoms with Crippen molar-refractivity contribution in [2.24, 2.45) is 0 Å². The standard InChI is InChI=1S/C20H25N3O2S2.ClH/c24-19(23-10-2-1-3-15(23)18-22-9-12-26-18)17-13-14-16(27-17)4-11-25-20(14)5-7-21-8-6-20;/h9,12-13,15,21H,1-8,10-11H2;1H. The summed E-state index contributed by atoms with van der Waals surface area (Å²) in [5.41, 5.74) is 1.11. The molecule has 2 fully saturated rings. The lowest BCUT2D eigenvalue weighted by molar-refractivity contribution is -0.0792. The maximum absolute atomic E-state index is 13.5. The van der Waals surface area contributed by atoms with E-state index in [1.165, 1.54) is 16.9 Å². The van der Waals surface area contributed by atoms with Crippen molar-refractivity contribution in [3.63, 3.8) is 0 Å². The molecule has 1 N–H and O–H groups in total. The molecule has 5 heterocycles. The van der Waals surface area contributed by atoms with Crippen LogP contribution in [-0.2, 0) is 16.8 Å². The number of nitrogens with one attached hydrogen (secondary N) is 1. The number of rotatable bonds is 2. The van der Waals surface area contributed by atoms with Crippen LogP contribution in [-0.4, -0.2) is 42.0 Å². The minimum atomic E-state index is -0.176. The fraction of sp³-hybridized carbons (Fsp3) is 0.600. The quantitative estimate of drug-likeness (QED) is 0.763. The predicted octanol–water partition coefficient (Wildman–Crippen LogP) is 4.15. The molecular weight excluding hydrogens is 414 g/mol. The van der Waals surface area contributed by atoms with E-state index < -0.39 is 0 Å². The van der Waals surface area contributed by atoms with Crippen LogP contribution in [0.25, 0.3) is 0 Å². The number of fused-ring (bicyclic) bond motifs is 2. The van der Waals surface area contributed by atoms with Crippen molar-refractivity contribution in [3.05, 3.63) is 38.0 Å². The number of nitrogens with zero attached hydrogens (tertiary/aromatic N) is 2. The number of likely N-dealkylation sites (tertiary alicyclic amines) is 1. The van der Waals surface area contributed by atoms with E-state index >= 15 is 0 Å². The first-order chi connectivity index (χ1) is 13.3. The van der Waals surface area contributed by atoms with Gasteiger partial charge in [0.15, 0.2) is 0 Å². The largest absolute Gasteiger partial charge is 0.370 e. The number of amides is 1.